The number of rotatable bonds is 5. The fraction of sp³-hybridized carbons (Fsp3) is 0.250. The molecule has 0 fully saturated rings. The lowest BCUT2D eigenvalue weighted by atomic mass is 9.99. The predicted octanol–water partition coefficient (Wildman–Crippen LogP) is 4.89. The Bertz CT molecular complexity index is 599. The summed E-state index contributed by atoms with van der Waals surface area (Å²) < 4.78 is 28.3. The minimum absolute atomic E-state index is 0.351. The summed E-state index contributed by atoms with van der Waals surface area (Å²) in [7, 11) is 0. The topological polar surface area (TPSA) is 12.0 Å². The Morgan fingerprint density at radius 3 is 2.60 bits per heavy atom. The maximum Gasteiger partial charge on any atom is 0.131 e. The van der Waals surface area contributed by atoms with Crippen molar-refractivity contribution in [1.82, 2.24) is 5.32 Å². The first-order chi connectivity index (χ1) is 9.61. The molecule has 0 unspecified atom stereocenters. The lowest BCUT2D eigenvalue weighted by molar-refractivity contribution is 0.621. The Kier molecular flexibility index (Phi) is 5.26. The summed E-state index contributed by atoms with van der Waals surface area (Å²) in [6.45, 7) is 3.54. The molecule has 0 aliphatic rings. The van der Waals surface area contributed by atoms with Gasteiger partial charge in [0.05, 0.1) is 0 Å². The Labute approximate surface area is 126 Å². The standard InChI is InChI=1S/C16H16BrF2N/c1-2-7-20-10-11-3-5-13(18)9-14(11)15-8-12(17)4-6-16(15)19/h3-6,8-9,20H,2,7,10H2,1H3. The molecule has 20 heavy (non-hydrogen) atoms. The van der Waals surface area contributed by atoms with Gasteiger partial charge in [-0.1, -0.05) is 28.9 Å². The van der Waals surface area contributed by atoms with Crippen molar-refractivity contribution in [1.29, 1.82) is 0 Å². The molecule has 0 bridgehead atoms. The van der Waals surface area contributed by atoms with Gasteiger partial charge in [0.25, 0.3) is 0 Å². The smallest absolute Gasteiger partial charge is 0.131 e. The third-order valence-corrected chi connectivity index (χ3v) is 3.53. The van der Waals surface area contributed by atoms with Gasteiger partial charge < -0.3 is 5.32 Å². The quantitative estimate of drug-likeness (QED) is 0.764. The van der Waals surface area contributed by atoms with E-state index >= 15 is 0 Å². The van der Waals surface area contributed by atoms with E-state index in [4.69, 9.17) is 0 Å². The average molecular weight is 340 g/mol. The van der Waals surface area contributed by atoms with E-state index in [9.17, 15) is 8.78 Å². The van der Waals surface area contributed by atoms with E-state index in [-0.39, 0.29) is 11.6 Å². The molecular formula is C16H16BrF2N. The van der Waals surface area contributed by atoms with E-state index in [0.717, 1.165) is 23.0 Å². The molecule has 2 aromatic rings. The van der Waals surface area contributed by atoms with E-state index in [2.05, 4.69) is 28.2 Å². The van der Waals surface area contributed by atoms with Crippen LogP contribution in [0.4, 0.5) is 8.78 Å². The van der Waals surface area contributed by atoms with Crippen molar-refractivity contribution in [3.63, 3.8) is 0 Å². The first-order valence-corrected chi connectivity index (χ1v) is 7.35. The molecule has 0 amide bonds. The van der Waals surface area contributed by atoms with Gasteiger partial charge in [0.1, 0.15) is 11.6 Å². The van der Waals surface area contributed by atoms with Crippen LogP contribution in [0.5, 0.6) is 0 Å². The summed E-state index contributed by atoms with van der Waals surface area (Å²) >= 11 is 3.32. The van der Waals surface area contributed by atoms with Crippen LogP contribution in [0.25, 0.3) is 11.1 Å². The molecule has 0 saturated heterocycles. The summed E-state index contributed by atoms with van der Waals surface area (Å²) in [5, 5.41) is 3.26. The van der Waals surface area contributed by atoms with Gasteiger partial charge in [-0.2, -0.15) is 0 Å². The monoisotopic (exact) mass is 339 g/mol. The summed E-state index contributed by atoms with van der Waals surface area (Å²) in [6.07, 6.45) is 1.02. The third kappa shape index (κ3) is 3.64. The molecule has 2 rings (SSSR count). The van der Waals surface area contributed by atoms with Crippen LogP contribution < -0.4 is 5.32 Å². The van der Waals surface area contributed by atoms with Crippen LogP contribution in [-0.4, -0.2) is 6.54 Å². The number of hydrogen-bond acceptors (Lipinski definition) is 1. The van der Waals surface area contributed by atoms with Gasteiger partial charge in [-0.3, -0.25) is 0 Å². The molecule has 0 aliphatic carbocycles. The number of nitrogens with one attached hydrogen (secondary N) is 1. The van der Waals surface area contributed by atoms with Crippen molar-refractivity contribution in [3.8, 4) is 11.1 Å². The highest BCUT2D eigenvalue weighted by molar-refractivity contribution is 9.10. The zero-order valence-electron chi connectivity index (χ0n) is 11.2. The molecular weight excluding hydrogens is 324 g/mol. The molecule has 106 valence electrons. The zero-order valence-corrected chi connectivity index (χ0v) is 12.8. The molecule has 4 heteroatoms. The molecule has 0 aromatic heterocycles. The van der Waals surface area contributed by atoms with Gasteiger partial charge in [0, 0.05) is 16.6 Å². The maximum absolute atomic E-state index is 14.0. The Morgan fingerprint density at radius 2 is 1.85 bits per heavy atom. The van der Waals surface area contributed by atoms with Gasteiger partial charge in [-0.25, -0.2) is 8.78 Å². The van der Waals surface area contributed by atoms with Gasteiger partial charge in [-0.15, -0.1) is 0 Å². The maximum atomic E-state index is 14.0. The molecule has 0 radical (unpaired) electrons. The Hall–Kier alpha value is -1.26. The average Bonchev–Trinajstić information content (AvgIpc) is 2.43. The van der Waals surface area contributed by atoms with Crippen molar-refractivity contribution in [2.45, 2.75) is 19.9 Å². The van der Waals surface area contributed by atoms with Crippen LogP contribution in [0.3, 0.4) is 0 Å². The summed E-state index contributed by atoms with van der Waals surface area (Å²) in [5.41, 5.74) is 1.89. The fourth-order valence-corrected chi connectivity index (χ4v) is 2.42. The van der Waals surface area contributed by atoms with Crippen molar-refractivity contribution in [3.05, 3.63) is 58.1 Å². The normalized spacial score (nSPS) is 10.8. The van der Waals surface area contributed by atoms with E-state index in [1.165, 1.54) is 18.2 Å². The zero-order chi connectivity index (χ0) is 14.5. The molecule has 0 heterocycles. The molecule has 0 spiro atoms. The van der Waals surface area contributed by atoms with E-state index in [1.54, 1.807) is 18.2 Å². The molecule has 1 nitrogen and oxygen atoms in total. The van der Waals surface area contributed by atoms with Crippen molar-refractivity contribution < 1.29 is 8.78 Å². The highest BCUT2D eigenvalue weighted by Crippen LogP contribution is 2.29. The van der Waals surface area contributed by atoms with E-state index in [1.807, 2.05) is 0 Å². The SMILES string of the molecule is CCCNCc1ccc(F)cc1-c1cc(Br)ccc1F. The minimum atomic E-state index is -0.362. The molecule has 0 atom stereocenters. The first kappa shape index (κ1) is 15.1. The predicted molar refractivity (Wildman–Crippen MR) is 81.5 cm³/mol. The highest BCUT2D eigenvalue weighted by Gasteiger charge is 2.11. The fourth-order valence-electron chi connectivity index (χ4n) is 2.06. The summed E-state index contributed by atoms with van der Waals surface area (Å²) in [5.74, 6) is -0.714. The Morgan fingerprint density at radius 1 is 1.05 bits per heavy atom. The van der Waals surface area contributed by atoms with Gasteiger partial charge >= 0.3 is 0 Å². The van der Waals surface area contributed by atoms with Crippen LogP contribution in [0.2, 0.25) is 0 Å². The molecule has 2 aromatic carbocycles. The molecule has 1 N–H and O–H groups in total. The van der Waals surface area contributed by atoms with E-state index < -0.39 is 0 Å². The van der Waals surface area contributed by atoms with Crippen LogP contribution in [0.1, 0.15) is 18.9 Å². The van der Waals surface area contributed by atoms with E-state index in [0.29, 0.717) is 17.7 Å². The summed E-state index contributed by atoms with van der Waals surface area (Å²) in [6, 6.07) is 9.18. The van der Waals surface area contributed by atoms with Crippen molar-refractivity contribution in [2.24, 2.45) is 0 Å². The van der Waals surface area contributed by atoms with Gasteiger partial charge in [0.15, 0.2) is 0 Å². The lowest BCUT2D eigenvalue weighted by Gasteiger charge is -2.12. The van der Waals surface area contributed by atoms with Gasteiger partial charge in [0.2, 0.25) is 0 Å². The van der Waals surface area contributed by atoms with Crippen LogP contribution in [-0.2, 0) is 6.54 Å². The van der Waals surface area contributed by atoms with Crippen LogP contribution in [0.15, 0.2) is 40.9 Å². The second-order valence-corrected chi connectivity index (χ2v) is 5.52. The largest absolute Gasteiger partial charge is 0.313 e. The first-order valence-electron chi connectivity index (χ1n) is 6.56. The van der Waals surface area contributed by atoms with Gasteiger partial charge in [-0.05, 0) is 54.4 Å². The molecule has 0 saturated carbocycles. The van der Waals surface area contributed by atoms with Crippen LogP contribution >= 0.6 is 15.9 Å². The highest BCUT2D eigenvalue weighted by atomic mass is 79.9. The molecule has 0 aliphatic heterocycles. The number of halogens is 3. The minimum Gasteiger partial charge on any atom is -0.313 e. The third-order valence-electron chi connectivity index (χ3n) is 3.03. The van der Waals surface area contributed by atoms with Crippen molar-refractivity contribution >= 4 is 15.9 Å². The number of hydrogen-bond donors (Lipinski definition) is 1. The summed E-state index contributed by atoms with van der Waals surface area (Å²) in [4.78, 5) is 0. The second kappa shape index (κ2) is 6.95. The van der Waals surface area contributed by atoms with Crippen molar-refractivity contribution in [2.75, 3.05) is 6.54 Å². The van der Waals surface area contributed by atoms with Crippen LogP contribution in [0, 0.1) is 11.6 Å². The Balaban J connectivity index is 2.42. The number of benzene rings is 2. The lowest BCUT2D eigenvalue weighted by Crippen LogP contribution is -2.14. The second-order valence-electron chi connectivity index (χ2n) is 4.60.